The molecule has 0 heterocycles. The number of ether oxygens (including phenoxy) is 2. The topological polar surface area (TPSA) is 64.6 Å². The molecule has 0 fully saturated rings. The number of aryl methyl sites for hydroxylation is 1. The Morgan fingerprint density at radius 1 is 1.15 bits per heavy atom. The van der Waals surface area contributed by atoms with E-state index in [1.807, 2.05) is 0 Å². The summed E-state index contributed by atoms with van der Waals surface area (Å²) in [6.45, 7) is 3.10. The van der Waals surface area contributed by atoms with Crippen molar-refractivity contribution in [1.29, 1.82) is 0 Å². The quantitative estimate of drug-likeness (QED) is 0.789. The lowest BCUT2D eigenvalue weighted by Crippen LogP contribution is -2.30. The van der Waals surface area contributed by atoms with E-state index in [1.165, 1.54) is 14.0 Å². The Labute approximate surface area is 153 Å². The average Bonchev–Trinajstić information content (AvgIpc) is 2.59. The van der Waals surface area contributed by atoms with Crippen molar-refractivity contribution in [2.24, 2.45) is 0 Å². The molecule has 8 heteroatoms. The number of carbonyl (C=O) groups is 2. The van der Waals surface area contributed by atoms with Gasteiger partial charge in [0.05, 0.1) is 18.4 Å². The van der Waals surface area contributed by atoms with Crippen molar-refractivity contribution >= 4 is 29.2 Å². The largest absolute Gasteiger partial charge is 0.495 e. The zero-order valence-corrected chi connectivity index (χ0v) is 15.0. The van der Waals surface area contributed by atoms with E-state index in [-0.39, 0.29) is 5.56 Å². The monoisotopic (exact) mass is 383 g/mol. The van der Waals surface area contributed by atoms with Crippen LogP contribution < -0.4 is 10.1 Å². The Morgan fingerprint density at radius 2 is 1.85 bits per heavy atom. The van der Waals surface area contributed by atoms with Crippen molar-refractivity contribution in [2.45, 2.75) is 20.0 Å². The highest BCUT2D eigenvalue weighted by atomic mass is 35.5. The van der Waals surface area contributed by atoms with Gasteiger partial charge in [0, 0.05) is 11.1 Å². The minimum Gasteiger partial charge on any atom is -0.495 e. The summed E-state index contributed by atoms with van der Waals surface area (Å²) in [4.78, 5) is 24.2. The number of carbonyl (C=O) groups excluding carboxylic acids is 2. The third-order valence-electron chi connectivity index (χ3n) is 3.55. The molecule has 0 radical (unpaired) electrons. The van der Waals surface area contributed by atoms with Crippen LogP contribution in [-0.4, -0.2) is 25.1 Å². The molecule has 0 saturated carbocycles. The van der Waals surface area contributed by atoms with Gasteiger partial charge in [-0.05, 0) is 43.7 Å². The van der Waals surface area contributed by atoms with E-state index in [4.69, 9.17) is 21.1 Å². The third-order valence-corrected chi connectivity index (χ3v) is 3.95. The first-order chi connectivity index (χ1) is 12.2. The van der Waals surface area contributed by atoms with Crippen LogP contribution in [0.25, 0.3) is 0 Å². The van der Waals surface area contributed by atoms with Crippen molar-refractivity contribution in [3.05, 3.63) is 58.1 Å². The molecule has 0 bridgehead atoms. The van der Waals surface area contributed by atoms with Crippen LogP contribution in [0.1, 0.15) is 22.8 Å². The average molecular weight is 384 g/mol. The highest BCUT2D eigenvalue weighted by Crippen LogP contribution is 2.31. The zero-order valence-electron chi connectivity index (χ0n) is 14.2. The molecule has 0 saturated heterocycles. The van der Waals surface area contributed by atoms with Crippen molar-refractivity contribution in [3.63, 3.8) is 0 Å². The fraction of sp³-hybridized carbons (Fsp3) is 0.222. The van der Waals surface area contributed by atoms with Gasteiger partial charge in [-0.1, -0.05) is 11.6 Å². The predicted molar refractivity (Wildman–Crippen MR) is 92.6 cm³/mol. The predicted octanol–water partition coefficient (Wildman–Crippen LogP) is 4.12. The van der Waals surface area contributed by atoms with E-state index < -0.39 is 29.6 Å². The first kappa shape index (κ1) is 19.7. The minimum absolute atomic E-state index is 0.205. The molecule has 0 aliphatic carbocycles. The number of hydrogen-bond donors (Lipinski definition) is 1. The second kappa shape index (κ2) is 8.14. The lowest BCUT2D eigenvalue weighted by Gasteiger charge is -2.16. The number of amides is 1. The molecule has 1 amide bonds. The molecule has 1 N–H and O–H groups in total. The Bertz CT molecular complexity index is 857. The lowest BCUT2D eigenvalue weighted by molar-refractivity contribution is -0.123. The molecule has 2 rings (SSSR count). The summed E-state index contributed by atoms with van der Waals surface area (Å²) in [5, 5.41) is 3.04. The van der Waals surface area contributed by atoms with Crippen molar-refractivity contribution in [3.8, 4) is 5.75 Å². The van der Waals surface area contributed by atoms with Crippen molar-refractivity contribution in [2.75, 3.05) is 12.4 Å². The summed E-state index contributed by atoms with van der Waals surface area (Å²) in [6.07, 6.45) is -1.18. The normalized spacial score (nSPS) is 11.6. The molecule has 0 aromatic heterocycles. The van der Waals surface area contributed by atoms with E-state index in [2.05, 4.69) is 5.32 Å². The SMILES string of the molecule is COc1cc(Cl)c(C)cc1NC(=O)C(C)OC(=O)c1ccc(F)c(F)c1. The van der Waals surface area contributed by atoms with Gasteiger partial charge in [-0.2, -0.15) is 0 Å². The number of anilines is 1. The third kappa shape index (κ3) is 4.49. The summed E-state index contributed by atoms with van der Waals surface area (Å²) in [5.41, 5.74) is 0.868. The van der Waals surface area contributed by atoms with E-state index >= 15 is 0 Å². The van der Waals surface area contributed by atoms with Gasteiger partial charge in [0.25, 0.3) is 5.91 Å². The maximum atomic E-state index is 13.2. The Morgan fingerprint density at radius 3 is 2.46 bits per heavy atom. The van der Waals surface area contributed by atoms with Crippen LogP contribution in [0.5, 0.6) is 5.75 Å². The molecule has 5 nitrogen and oxygen atoms in total. The number of esters is 1. The van der Waals surface area contributed by atoms with Crippen LogP contribution in [0, 0.1) is 18.6 Å². The molecule has 2 aromatic rings. The lowest BCUT2D eigenvalue weighted by atomic mass is 10.2. The minimum atomic E-state index is -1.18. The molecule has 0 aliphatic heterocycles. The molecular formula is C18H16ClF2NO4. The van der Waals surface area contributed by atoms with Crippen LogP contribution in [0.3, 0.4) is 0 Å². The molecule has 0 aliphatic rings. The number of hydrogen-bond acceptors (Lipinski definition) is 4. The van der Waals surface area contributed by atoms with Crippen molar-refractivity contribution < 1.29 is 27.8 Å². The van der Waals surface area contributed by atoms with Crippen molar-refractivity contribution in [1.82, 2.24) is 0 Å². The number of rotatable bonds is 5. The molecular weight excluding hydrogens is 368 g/mol. The summed E-state index contributed by atoms with van der Waals surface area (Å²) in [7, 11) is 1.42. The fourth-order valence-electron chi connectivity index (χ4n) is 2.07. The van der Waals surface area contributed by atoms with E-state index in [0.717, 1.165) is 12.1 Å². The highest BCUT2D eigenvalue weighted by Gasteiger charge is 2.21. The highest BCUT2D eigenvalue weighted by molar-refractivity contribution is 6.31. The van der Waals surface area contributed by atoms with Crippen LogP contribution in [0.2, 0.25) is 5.02 Å². The molecule has 1 atom stereocenters. The standard InChI is InChI=1S/C18H16ClF2NO4/c1-9-6-15(16(25-3)8-12(9)19)22-17(23)10(2)26-18(24)11-4-5-13(20)14(21)7-11/h4-8,10H,1-3H3,(H,22,23). The van der Waals surface area contributed by atoms with Gasteiger partial charge in [-0.3, -0.25) is 4.79 Å². The number of halogens is 3. The Hall–Kier alpha value is -2.67. The van der Waals surface area contributed by atoms with Gasteiger partial charge in [0.2, 0.25) is 0 Å². The number of methoxy groups -OCH3 is 1. The van der Waals surface area contributed by atoms with E-state index in [0.29, 0.717) is 28.1 Å². The van der Waals surface area contributed by atoms with Crippen LogP contribution in [0.4, 0.5) is 14.5 Å². The molecule has 138 valence electrons. The first-order valence-corrected chi connectivity index (χ1v) is 7.91. The summed E-state index contributed by atoms with van der Waals surface area (Å²) < 4.78 is 36.2. The van der Waals surface area contributed by atoms with Crippen LogP contribution >= 0.6 is 11.6 Å². The molecule has 2 aromatic carbocycles. The van der Waals surface area contributed by atoms with Gasteiger partial charge in [-0.15, -0.1) is 0 Å². The number of nitrogens with one attached hydrogen (secondary N) is 1. The van der Waals surface area contributed by atoms with E-state index in [1.54, 1.807) is 19.1 Å². The van der Waals surface area contributed by atoms with Gasteiger partial charge >= 0.3 is 5.97 Å². The molecule has 0 spiro atoms. The maximum Gasteiger partial charge on any atom is 0.339 e. The Balaban J connectivity index is 2.09. The molecule has 26 heavy (non-hydrogen) atoms. The Kier molecular flexibility index (Phi) is 6.15. The van der Waals surface area contributed by atoms with Crippen LogP contribution in [0.15, 0.2) is 30.3 Å². The summed E-state index contributed by atoms with van der Waals surface area (Å²) in [5.74, 6) is -3.50. The summed E-state index contributed by atoms with van der Waals surface area (Å²) >= 11 is 6.00. The van der Waals surface area contributed by atoms with Gasteiger partial charge < -0.3 is 14.8 Å². The van der Waals surface area contributed by atoms with Gasteiger partial charge in [0.15, 0.2) is 17.7 Å². The van der Waals surface area contributed by atoms with E-state index in [9.17, 15) is 18.4 Å². The van der Waals surface area contributed by atoms with Crippen LogP contribution in [-0.2, 0) is 9.53 Å². The summed E-state index contributed by atoms with van der Waals surface area (Å²) in [6, 6.07) is 5.73. The zero-order chi connectivity index (χ0) is 19.4. The number of benzene rings is 2. The second-order valence-corrected chi connectivity index (χ2v) is 5.87. The van der Waals surface area contributed by atoms with Gasteiger partial charge in [0.1, 0.15) is 5.75 Å². The smallest absolute Gasteiger partial charge is 0.339 e. The second-order valence-electron chi connectivity index (χ2n) is 5.47. The maximum absolute atomic E-state index is 13.2. The first-order valence-electron chi connectivity index (χ1n) is 7.54. The fourth-order valence-corrected chi connectivity index (χ4v) is 2.22. The van der Waals surface area contributed by atoms with Gasteiger partial charge in [-0.25, -0.2) is 13.6 Å². The molecule has 1 unspecified atom stereocenters.